The van der Waals surface area contributed by atoms with Crippen LogP contribution in [0.5, 0.6) is 0 Å². The van der Waals surface area contributed by atoms with Crippen molar-refractivity contribution in [2.45, 2.75) is 19.9 Å². The summed E-state index contributed by atoms with van der Waals surface area (Å²) in [6, 6.07) is -1.07. The van der Waals surface area contributed by atoms with Gasteiger partial charge in [-0.1, -0.05) is 6.92 Å². The van der Waals surface area contributed by atoms with E-state index in [0.29, 0.717) is 0 Å². The largest absolute Gasteiger partial charge is 0.480 e. The van der Waals surface area contributed by atoms with Crippen LogP contribution < -0.4 is 4.72 Å². The smallest absolute Gasteiger partial charge is 0.321 e. The van der Waals surface area contributed by atoms with Crippen LogP contribution in [0.1, 0.15) is 13.8 Å². The average molecular weight is 210 g/mol. The maximum atomic E-state index is 11.2. The fraction of sp³-hybridized carbons (Fsp3) is 0.833. The zero-order chi connectivity index (χ0) is 10.6. The Kier molecular flexibility index (Phi) is 4.31. The van der Waals surface area contributed by atoms with Gasteiger partial charge in [0.15, 0.2) is 0 Å². The van der Waals surface area contributed by atoms with E-state index < -0.39 is 22.2 Å². The number of carbonyl (C=O) groups is 1. The van der Waals surface area contributed by atoms with Crippen molar-refractivity contribution in [3.63, 3.8) is 0 Å². The summed E-state index contributed by atoms with van der Waals surface area (Å²) < 4.78 is 25.4. The van der Waals surface area contributed by atoms with Gasteiger partial charge >= 0.3 is 5.97 Å². The number of nitrogens with one attached hydrogen (secondary N) is 1. The molecule has 0 rings (SSSR count). The molecule has 0 saturated carbocycles. The van der Waals surface area contributed by atoms with Crippen LogP contribution in [-0.2, 0) is 15.0 Å². The molecule has 78 valence electrons. The first-order valence-corrected chi connectivity index (χ1v) is 5.22. The van der Waals surface area contributed by atoms with Crippen LogP contribution >= 0.6 is 0 Å². The van der Waals surface area contributed by atoms with Gasteiger partial charge in [0.1, 0.15) is 6.04 Å². The van der Waals surface area contributed by atoms with E-state index in [-0.39, 0.29) is 6.54 Å². The second-order valence-corrected chi connectivity index (χ2v) is 4.35. The topological polar surface area (TPSA) is 86.7 Å². The van der Waals surface area contributed by atoms with Crippen molar-refractivity contribution in [3.05, 3.63) is 0 Å². The summed E-state index contributed by atoms with van der Waals surface area (Å²) >= 11 is 0. The number of carboxylic acids is 1. The third kappa shape index (κ3) is 3.29. The number of hydrogen-bond donors (Lipinski definition) is 2. The number of likely N-dealkylation sites (N-methyl/N-ethyl adjacent to an activating group) is 1. The van der Waals surface area contributed by atoms with E-state index in [4.69, 9.17) is 5.11 Å². The van der Waals surface area contributed by atoms with Crippen LogP contribution in [-0.4, -0.2) is 43.4 Å². The number of aliphatic carboxylic acids is 1. The normalized spacial score (nSPS) is 14.5. The Morgan fingerprint density at radius 2 is 2.08 bits per heavy atom. The zero-order valence-corrected chi connectivity index (χ0v) is 8.63. The summed E-state index contributed by atoms with van der Waals surface area (Å²) in [6.07, 6.45) is 0. The maximum absolute atomic E-state index is 11.2. The lowest BCUT2D eigenvalue weighted by Gasteiger charge is -2.20. The van der Waals surface area contributed by atoms with Gasteiger partial charge in [-0.2, -0.15) is 12.7 Å². The molecule has 0 saturated heterocycles. The number of rotatable bonds is 5. The highest BCUT2D eigenvalue weighted by Gasteiger charge is 2.26. The second-order valence-electron chi connectivity index (χ2n) is 2.53. The van der Waals surface area contributed by atoms with E-state index in [0.717, 1.165) is 4.31 Å². The average Bonchev–Trinajstić information content (AvgIpc) is 2.01. The van der Waals surface area contributed by atoms with E-state index >= 15 is 0 Å². The molecule has 0 spiro atoms. The lowest BCUT2D eigenvalue weighted by molar-refractivity contribution is -0.140. The van der Waals surface area contributed by atoms with Crippen LogP contribution in [0.15, 0.2) is 0 Å². The summed E-state index contributed by atoms with van der Waals surface area (Å²) in [7, 11) is -2.43. The summed E-state index contributed by atoms with van der Waals surface area (Å²) in [5.41, 5.74) is 0. The molecular weight excluding hydrogens is 196 g/mol. The molecule has 0 aliphatic rings. The van der Waals surface area contributed by atoms with Crippen LogP contribution in [0.4, 0.5) is 0 Å². The Balaban J connectivity index is 4.59. The van der Waals surface area contributed by atoms with Gasteiger partial charge in [-0.25, -0.2) is 4.72 Å². The standard InChI is InChI=1S/C6H14N2O4S/c1-4-7-13(11,12)8(3)5(2)6(9)10/h5,7H,4H2,1-3H3,(H,9,10). The summed E-state index contributed by atoms with van der Waals surface area (Å²) in [4.78, 5) is 10.5. The van der Waals surface area contributed by atoms with Gasteiger partial charge in [0.2, 0.25) is 0 Å². The number of nitrogens with zero attached hydrogens (tertiary/aromatic N) is 1. The van der Waals surface area contributed by atoms with Crippen molar-refractivity contribution in [2.24, 2.45) is 0 Å². The van der Waals surface area contributed by atoms with E-state index in [1.807, 2.05) is 0 Å². The number of hydrogen-bond acceptors (Lipinski definition) is 3. The molecule has 0 aromatic heterocycles. The van der Waals surface area contributed by atoms with Crippen molar-refractivity contribution in [1.82, 2.24) is 9.03 Å². The summed E-state index contributed by atoms with van der Waals surface area (Å²) in [5.74, 6) is -1.18. The van der Waals surface area contributed by atoms with Crippen molar-refractivity contribution in [3.8, 4) is 0 Å². The summed E-state index contributed by atoms with van der Waals surface area (Å²) in [6.45, 7) is 3.16. The minimum absolute atomic E-state index is 0.235. The first-order chi connectivity index (χ1) is 5.83. The molecule has 7 heteroatoms. The van der Waals surface area contributed by atoms with Gasteiger partial charge in [-0.15, -0.1) is 0 Å². The number of carboxylic acid groups (broad SMARTS) is 1. The first-order valence-electron chi connectivity index (χ1n) is 3.78. The van der Waals surface area contributed by atoms with Crippen LogP contribution in [0.2, 0.25) is 0 Å². The van der Waals surface area contributed by atoms with Crippen molar-refractivity contribution in [2.75, 3.05) is 13.6 Å². The molecule has 6 nitrogen and oxygen atoms in total. The van der Waals surface area contributed by atoms with Crippen molar-refractivity contribution in [1.29, 1.82) is 0 Å². The third-order valence-electron chi connectivity index (χ3n) is 1.61. The second kappa shape index (κ2) is 4.54. The van der Waals surface area contributed by atoms with Crippen LogP contribution in [0.25, 0.3) is 0 Å². The zero-order valence-electron chi connectivity index (χ0n) is 7.81. The minimum Gasteiger partial charge on any atom is -0.480 e. The molecule has 0 aromatic rings. The first kappa shape index (κ1) is 12.3. The summed E-state index contributed by atoms with van der Waals surface area (Å²) in [5, 5.41) is 8.55. The molecule has 1 unspecified atom stereocenters. The lowest BCUT2D eigenvalue weighted by atomic mass is 10.4. The Bertz CT molecular complexity index is 274. The Morgan fingerprint density at radius 1 is 1.62 bits per heavy atom. The predicted molar refractivity (Wildman–Crippen MR) is 47.5 cm³/mol. The molecule has 13 heavy (non-hydrogen) atoms. The SMILES string of the molecule is CCNS(=O)(=O)N(C)C(C)C(=O)O. The van der Waals surface area contributed by atoms with Crippen molar-refractivity contribution < 1.29 is 18.3 Å². The molecule has 0 bridgehead atoms. The molecule has 0 heterocycles. The van der Waals surface area contributed by atoms with Gasteiger partial charge in [-0.05, 0) is 6.92 Å². The highest BCUT2D eigenvalue weighted by molar-refractivity contribution is 7.87. The molecular formula is C6H14N2O4S. The molecule has 0 aromatic carbocycles. The quantitative estimate of drug-likeness (QED) is 0.625. The highest BCUT2D eigenvalue weighted by Crippen LogP contribution is 2.01. The van der Waals surface area contributed by atoms with E-state index in [9.17, 15) is 13.2 Å². The van der Waals surface area contributed by atoms with Gasteiger partial charge in [0.05, 0.1) is 0 Å². The third-order valence-corrected chi connectivity index (χ3v) is 3.34. The van der Waals surface area contributed by atoms with Gasteiger partial charge in [0.25, 0.3) is 10.2 Å². The fourth-order valence-corrected chi connectivity index (χ4v) is 1.72. The highest BCUT2D eigenvalue weighted by atomic mass is 32.2. The molecule has 0 amide bonds. The Labute approximate surface area is 77.7 Å². The molecule has 2 N–H and O–H groups in total. The molecule has 0 fully saturated rings. The van der Waals surface area contributed by atoms with E-state index in [2.05, 4.69) is 4.72 Å². The maximum Gasteiger partial charge on any atom is 0.321 e. The molecule has 0 aliphatic heterocycles. The van der Waals surface area contributed by atoms with E-state index in [1.165, 1.54) is 14.0 Å². The van der Waals surface area contributed by atoms with Gasteiger partial charge < -0.3 is 5.11 Å². The van der Waals surface area contributed by atoms with E-state index in [1.54, 1.807) is 6.92 Å². The molecule has 0 aliphatic carbocycles. The molecule has 0 radical (unpaired) electrons. The fourth-order valence-electron chi connectivity index (χ4n) is 0.648. The molecule has 1 atom stereocenters. The van der Waals surface area contributed by atoms with Crippen molar-refractivity contribution >= 4 is 16.2 Å². The lowest BCUT2D eigenvalue weighted by Crippen LogP contribution is -2.46. The Hall–Kier alpha value is -0.660. The minimum atomic E-state index is -3.65. The van der Waals surface area contributed by atoms with Gasteiger partial charge in [-0.3, -0.25) is 4.79 Å². The van der Waals surface area contributed by atoms with Crippen LogP contribution in [0.3, 0.4) is 0 Å². The monoisotopic (exact) mass is 210 g/mol. The van der Waals surface area contributed by atoms with Gasteiger partial charge in [0, 0.05) is 13.6 Å². The Morgan fingerprint density at radius 3 is 2.38 bits per heavy atom. The van der Waals surface area contributed by atoms with Crippen LogP contribution in [0, 0.1) is 0 Å². The predicted octanol–water partition coefficient (Wildman–Crippen LogP) is -0.754.